The Morgan fingerprint density at radius 1 is 1.00 bits per heavy atom. The van der Waals surface area contributed by atoms with Crippen LogP contribution in [0, 0.1) is 23.4 Å². The van der Waals surface area contributed by atoms with Crippen molar-refractivity contribution in [1.82, 2.24) is 10.2 Å². The van der Waals surface area contributed by atoms with E-state index < -0.39 is 17.5 Å². The second-order valence-corrected chi connectivity index (χ2v) is 5.88. The minimum Gasteiger partial charge on any atom is -0.352 e. The van der Waals surface area contributed by atoms with Crippen LogP contribution in [-0.4, -0.2) is 29.8 Å². The lowest BCUT2D eigenvalue weighted by atomic mass is 9.97. The molecule has 0 bridgehead atoms. The van der Waals surface area contributed by atoms with Gasteiger partial charge in [-0.2, -0.15) is 0 Å². The Hall–Kier alpha value is -2.83. The van der Waals surface area contributed by atoms with Crippen LogP contribution in [0.3, 0.4) is 0 Å². The van der Waals surface area contributed by atoms with Gasteiger partial charge < -0.3 is 10.2 Å². The van der Waals surface area contributed by atoms with Crippen LogP contribution >= 0.6 is 0 Å². The van der Waals surface area contributed by atoms with E-state index in [-0.39, 0.29) is 42.8 Å². The average Bonchev–Trinajstić information content (AvgIpc) is 2.55. The first-order valence-electron chi connectivity index (χ1n) is 7.70. The number of hydrogen-bond acceptors (Lipinski definition) is 2. The van der Waals surface area contributed by atoms with Crippen molar-refractivity contribution >= 4 is 11.8 Å². The van der Waals surface area contributed by atoms with Gasteiger partial charge in [-0.05, 0) is 35.9 Å². The van der Waals surface area contributed by atoms with E-state index in [0.717, 1.165) is 17.7 Å². The van der Waals surface area contributed by atoms with Gasteiger partial charge in [0.2, 0.25) is 5.91 Å². The molecular formula is C18H15F3N2O2. The van der Waals surface area contributed by atoms with Gasteiger partial charge in [-0.1, -0.05) is 12.1 Å². The van der Waals surface area contributed by atoms with Crippen molar-refractivity contribution in [2.24, 2.45) is 5.92 Å². The maximum Gasteiger partial charge on any atom is 0.254 e. The minimum absolute atomic E-state index is 0.0454. The highest BCUT2D eigenvalue weighted by Crippen LogP contribution is 2.20. The summed E-state index contributed by atoms with van der Waals surface area (Å²) in [5.41, 5.74) is 0.813. The summed E-state index contributed by atoms with van der Waals surface area (Å²) < 4.78 is 38.9. The highest BCUT2D eigenvalue weighted by atomic mass is 19.2. The Balaban J connectivity index is 1.49. The maximum atomic E-state index is 13.2. The molecular weight excluding hydrogens is 333 g/mol. The first kappa shape index (κ1) is 17.0. The van der Waals surface area contributed by atoms with Crippen molar-refractivity contribution < 1.29 is 22.8 Å². The molecule has 1 aliphatic rings. The van der Waals surface area contributed by atoms with Crippen LogP contribution in [0.5, 0.6) is 0 Å². The number of nitrogens with one attached hydrogen (secondary N) is 1. The van der Waals surface area contributed by atoms with E-state index in [0.29, 0.717) is 0 Å². The van der Waals surface area contributed by atoms with Gasteiger partial charge in [-0.15, -0.1) is 0 Å². The van der Waals surface area contributed by atoms with Gasteiger partial charge in [-0.25, -0.2) is 13.2 Å². The fourth-order valence-electron chi connectivity index (χ4n) is 2.56. The maximum absolute atomic E-state index is 13.2. The Labute approximate surface area is 142 Å². The smallest absolute Gasteiger partial charge is 0.254 e. The van der Waals surface area contributed by atoms with Crippen molar-refractivity contribution in [3.8, 4) is 0 Å². The molecule has 0 aliphatic carbocycles. The van der Waals surface area contributed by atoms with Gasteiger partial charge in [-0.3, -0.25) is 9.59 Å². The molecule has 1 aliphatic heterocycles. The van der Waals surface area contributed by atoms with Gasteiger partial charge in [0.15, 0.2) is 11.6 Å². The molecule has 130 valence electrons. The lowest BCUT2D eigenvalue weighted by Crippen LogP contribution is -2.55. The van der Waals surface area contributed by atoms with Crippen molar-refractivity contribution in [1.29, 1.82) is 0 Å². The first-order chi connectivity index (χ1) is 11.9. The Bertz CT molecular complexity index is 802. The molecule has 0 radical (unpaired) electrons. The summed E-state index contributed by atoms with van der Waals surface area (Å²) in [5.74, 6) is -3.45. The number of halogens is 3. The van der Waals surface area contributed by atoms with Gasteiger partial charge >= 0.3 is 0 Å². The van der Waals surface area contributed by atoms with E-state index in [1.54, 1.807) is 12.1 Å². The normalized spacial score (nSPS) is 14.1. The number of likely N-dealkylation sites (tertiary alicyclic amines) is 1. The molecule has 2 amide bonds. The number of benzene rings is 2. The third-order valence-corrected chi connectivity index (χ3v) is 4.09. The average molecular weight is 348 g/mol. The zero-order chi connectivity index (χ0) is 18.0. The minimum atomic E-state index is -1.08. The highest BCUT2D eigenvalue weighted by Gasteiger charge is 2.36. The van der Waals surface area contributed by atoms with Crippen LogP contribution in [0.2, 0.25) is 0 Å². The van der Waals surface area contributed by atoms with E-state index in [4.69, 9.17) is 0 Å². The van der Waals surface area contributed by atoms with E-state index in [9.17, 15) is 22.8 Å². The second-order valence-electron chi connectivity index (χ2n) is 5.88. The summed E-state index contributed by atoms with van der Waals surface area (Å²) in [5, 5.41) is 2.73. The number of amides is 2. The zero-order valence-electron chi connectivity index (χ0n) is 13.1. The predicted octanol–water partition coefficient (Wildman–Crippen LogP) is 2.49. The molecule has 0 saturated carbocycles. The van der Waals surface area contributed by atoms with Crippen LogP contribution in [0.15, 0.2) is 42.5 Å². The molecule has 1 heterocycles. The molecule has 0 spiro atoms. The summed E-state index contributed by atoms with van der Waals surface area (Å²) in [6, 6.07) is 8.74. The van der Waals surface area contributed by atoms with E-state index in [2.05, 4.69) is 5.32 Å². The SMILES string of the molecule is O=C(NCc1ccc(F)cc1)C1CN(C(=O)c2ccc(F)c(F)c2)C1. The number of nitrogens with zero attached hydrogens (tertiary/aromatic N) is 1. The van der Waals surface area contributed by atoms with Gasteiger partial charge in [0, 0.05) is 25.2 Å². The molecule has 1 N–H and O–H groups in total. The van der Waals surface area contributed by atoms with Crippen LogP contribution in [-0.2, 0) is 11.3 Å². The molecule has 0 unspecified atom stereocenters. The fourth-order valence-corrected chi connectivity index (χ4v) is 2.56. The van der Waals surface area contributed by atoms with E-state index in [1.165, 1.54) is 23.1 Å². The molecule has 3 rings (SSSR count). The monoisotopic (exact) mass is 348 g/mol. The third kappa shape index (κ3) is 3.81. The molecule has 0 aromatic heterocycles. The Kier molecular flexibility index (Phi) is 4.74. The molecule has 0 atom stereocenters. The quantitative estimate of drug-likeness (QED) is 0.923. The van der Waals surface area contributed by atoms with Crippen LogP contribution < -0.4 is 5.32 Å². The molecule has 25 heavy (non-hydrogen) atoms. The number of carbonyl (C=O) groups is 2. The molecule has 7 heteroatoms. The molecule has 2 aromatic carbocycles. The van der Waals surface area contributed by atoms with E-state index >= 15 is 0 Å². The highest BCUT2D eigenvalue weighted by molar-refractivity contribution is 5.96. The van der Waals surface area contributed by atoms with Crippen LogP contribution in [0.1, 0.15) is 15.9 Å². The lowest BCUT2D eigenvalue weighted by molar-refractivity contribution is -0.129. The number of carbonyl (C=O) groups excluding carboxylic acids is 2. The number of hydrogen-bond donors (Lipinski definition) is 1. The van der Waals surface area contributed by atoms with Crippen molar-refractivity contribution in [3.63, 3.8) is 0 Å². The largest absolute Gasteiger partial charge is 0.352 e. The third-order valence-electron chi connectivity index (χ3n) is 4.09. The van der Waals surface area contributed by atoms with Crippen molar-refractivity contribution in [2.75, 3.05) is 13.1 Å². The zero-order valence-corrected chi connectivity index (χ0v) is 13.1. The Morgan fingerprint density at radius 2 is 1.68 bits per heavy atom. The predicted molar refractivity (Wildman–Crippen MR) is 84.0 cm³/mol. The summed E-state index contributed by atoms with van der Waals surface area (Å²) in [6.07, 6.45) is 0. The fraction of sp³-hybridized carbons (Fsp3) is 0.222. The standard InChI is InChI=1S/C18H15F3N2O2/c19-14-4-1-11(2-5-14)8-22-17(24)13-9-23(10-13)18(25)12-3-6-15(20)16(21)7-12/h1-7,13H,8-10H2,(H,22,24). The molecule has 1 fully saturated rings. The van der Waals surface area contributed by atoms with Gasteiger partial charge in [0.25, 0.3) is 5.91 Å². The first-order valence-corrected chi connectivity index (χ1v) is 7.70. The summed E-state index contributed by atoms with van der Waals surface area (Å²) in [7, 11) is 0. The topological polar surface area (TPSA) is 49.4 Å². The summed E-state index contributed by atoms with van der Waals surface area (Å²) in [4.78, 5) is 25.6. The lowest BCUT2D eigenvalue weighted by Gasteiger charge is -2.38. The van der Waals surface area contributed by atoms with Crippen LogP contribution in [0.4, 0.5) is 13.2 Å². The van der Waals surface area contributed by atoms with Gasteiger partial charge in [0.05, 0.1) is 5.92 Å². The summed E-state index contributed by atoms with van der Waals surface area (Å²) >= 11 is 0. The van der Waals surface area contributed by atoms with Crippen molar-refractivity contribution in [3.05, 3.63) is 71.0 Å². The molecule has 2 aromatic rings. The van der Waals surface area contributed by atoms with Gasteiger partial charge in [0.1, 0.15) is 5.82 Å². The molecule has 4 nitrogen and oxygen atoms in total. The number of rotatable bonds is 4. The van der Waals surface area contributed by atoms with E-state index in [1.807, 2.05) is 0 Å². The van der Waals surface area contributed by atoms with Crippen LogP contribution in [0.25, 0.3) is 0 Å². The Morgan fingerprint density at radius 3 is 2.32 bits per heavy atom. The molecule has 1 saturated heterocycles. The second kappa shape index (κ2) is 6.96. The summed E-state index contributed by atoms with van der Waals surface area (Å²) in [6.45, 7) is 0.701. The van der Waals surface area contributed by atoms with Crippen molar-refractivity contribution in [2.45, 2.75) is 6.54 Å².